The van der Waals surface area contributed by atoms with Crippen molar-refractivity contribution in [1.29, 1.82) is 0 Å². The predicted octanol–water partition coefficient (Wildman–Crippen LogP) is 3.84. The summed E-state index contributed by atoms with van der Waals surface area (Å²) in [5, 5.41) is 15.7. The van der Waals surface area contributed by atoms with Gasteiger partial charge in [-0.15, -0.1) is 13.2 Å². The fraction of sp³-hybridized carbons (Fsp3) is 0.176. The topological polar surface area (TPSA) is 71.0 Å². The van der Waals surface area contributed by atoms with Crippen molar-refractivity contribution in [2.45, 2.75) is 19.9 Å². The molecule has 0 aliphatic rings. The summed E-state index contributed by atoms with van der Waals surface area (Å²) in [4.78, 5) is 4.13. The first-order valence-corrected chi connectivity index (χ1v) is 7.35. The molecule has 0 bridgehead atoms. The number of benzene rings is 2. The van der Waals surface area contributed by atoms with Gasteiger partial charge >= 0.3 is 6.36 Å². The van der Waals surface area contributed by atoms with Crippen LogP contribution in [-0.2, 0) is 6.61 Å². The van der Waals surface area contributed by atoms with Gasteiger partial charge in [0.25, 0.3) is 0 Å². The van der Waals surface area contributed by atoms with Gasteiger partial charge in [-0.2, -0.15) is 5.10 Å². The number of aromatic nitrogens is 3. The largest absolute Gasteiger partial charge is 0.573 e. The quantitative estimate of drug-likeness (QED) is 0.751. The number of ether oxygens (including phenoxy) is 1. The Kier molecular flexibility index (Phi) is 4.45. The minimum atomic E-state index is -4.78. The van der Waals surface area contributed by atoms with E-state index in [-0.39, 0.29) is 12.4 Å². The third kappa shape index (κ3) is 3.97. The number of hydrogen-bond donors (Lipinski definition) is 2. The minimum absolute atomic E-state index is 0.280. The molecule has 1 heterocycles. The molecule has 3 rings (SSSR count). The molecule has 0 atom stereocenters. The summed E-state index contributed by atoms with van der Waals surface area (Å²) < 4.78 is 42.0. The standard InChI is InChI=1S/C17H14F3N3O2/c1-10-6-11(8-12(7-10)16-21-15(9-24)22-23-16)13-4-2-3-5-14(13)25-17(18,19)20/h2-8,24H,9H2,1H3,(H,21,22,23). The summed E-state index contributed by atoms with van der Waals surface area (Å²) in [6.07, 6.45) is -4.78. The molecule has 0 amide bonds. The van der Waals surface area contributed by atoms with Gasteiger partial charge < -0.3 is 9.84 Å². The Morgan fingerprint density at radius 2 is 1.84 bits per heavy atom. The number of nitrogens with one attached hydrogen (secondary N) is 1. The molecule has 0 unspecified atom stereocenters. The van der Waals surface area contributed by atoms with E-state index in [2.05, 4.69) is 19.9 Å². The van der Waals surface area contributed by atoms with Crippen molar-refractivity contribution >= 4 is 0 Å². The maximum absolute atomic E-state index is 12.6. The van der Waals surface area contributed by atoms with Gasteiger partial charge in [0.1, 0.15) is 12.4 Å². The fourth-order valence-corrected chi connectivity index (χ4v) is 2.48. The van der Waals surface area contributed by atoms with Gasteiger partial charge in [-0.1, -0.05) is 24.3 Å². The molecule has 0 saturated heterocycles. The maximum atomic E-state index is 12.6. The number of aliphatic hydroxyl groups excluding tert-OH is 1. The monoisotopic (exact) mass is 349 g/mol. The smallest absolute Gasteiger partial charge is 0.405 e. The Hall–Kier alpha value is -2.87. The van der Waals surface area contributed by atoms with Crippen molar-refractivity contribution in [3.8, 4) is 28.3 Å². The number of aromatic amines is 1. The molecule has 0 aliphatic heterocycles. The molecular formula is C17H14F3N3O2. The van der Waals surface area contributed by atoms with Crippen LogP contribution in [0.5, 0.6) is 5.75 Å². The number of aryl methyl sites for hydroxylation is 1. The van der Waals surface area contributed by atoms with Crippen LogP contribution in [0, 0.1) is 6.92 Å². The predicted molar refractivity (Wildman–Crippen MR) is 84.6 cm³/mol. The number of para-hydroxylation sites is 1. The number of halogens is 3. The summed E-state index contributed by atoms with van der Waals surface area (Å²) in [6.45, 7) is 1.54. The van der Waals surface area contributed by atoms with Crippen molar-refractivity contribution in [3.63, 3.8) is 0 Å². The van der Waals surface area contributed by atoms with Gasteiger partial charge in [-0.3, -0.25) is 5.10 Å². The van der Waals surface area contributed by atoms with Crippen molar-refractivity contribution < 1.29 is 23.0 Å². The van der Waals surface area contributed by atoms with Crippen LogP contribution in [0.3, 0.4) is 0 Å². The van der Waals surface area contributed by atoms with Gasteiger partial charge in [0, 0.05) is 11.1 Å². The molecule has 0 fully saturated rings. The molecule has 0 spiro atoms. The van der Waals surface area contributed by atoms with E-state index < -0.39 is 6.36 Å². The van der Waals surface area contributed by atoms with Crippen LogP contribution >= 0.6 is 0 Å². The highest BCUT2D eigenvalue weighted by molar-refractivity contribution is 5.75. The summed E-state index contributed by atoms with van der Waals surface area (Å²) in [6, 6.07) is 11.2. The van der Waals surface area contributed by atoms with Crippen LogP contribution in [0.15, 0.2) is 42.5 Å². The molecule has 5 nitrogen and oxygen atoms in total. The van der Waals surface area contributed by atoms with Crippen molar-refractivity contribution in [3.05, 3.63) is 53.9 Å². The zero-order valence-electron chi connectivity index (χ0n) is 13.1. The summed E-state index contributed by atoms with van der Waals surface area (Å²) in [5.41, 5.74) is 2.30. The van der Waals surface area contributed by atoms with Gasteiger partial charge in [-0.25, -0.2) is 4.98 Å². The number of rotatable bonds is 4. The van der Waals surface area contributed by atoms with Crippen LogP contribution in [0.25, 0.3) is 22.5 Å². The molecule has 25 heavy (non-hydrogen) atoms. The van der Waals surface area contributed by atoms with E-state index in [1.807, 2.05) is 6.92 Å². The molecule has 130 valence electrons. The Bertz CT molecular complexity index is 891. The third-order valence-electron chi connectivity index (χ3n) is 3.44. The highest BCUT2D eigenvalue weighted by Gasteiger charge is 2.32. The van der Waals surface area contributed by atoms with E-state index in [9.17, 15) is 13.2 Å². The lowest BCUT2D eigenvalue weighted by Crippen LogP contribution is -2.17. The number of hydrogen-bond acceptors (Lipinski definition) is 4. The van der Waals surface area contributed by atoms with E-state index in [1.165, 1.54) is 12.1 Å². The second kappa shape index (κ2) is 6.56. The number of alkyl halides is 3. The molecule has 3 aromatic rings. The van der Waals surface area contributed by atoms with Gasteiger partial charge in [-0.05, 0) is 36.2 Å². The summed E-state index contributed by atoms with van der Waals surface area (Å²) >= 11 is 0. The zero-order chi connectivity index (χ0) is 18.0. The van der Waals surface area contributed by atoms with Crippen molar-refractivity contribution in [2.24, 2.45) is 0 Å². The molecule has 0 aliphatic carbocycles. The molecule has 2 aromatic carbocycles. The highest BCUT2D eigenvalue weighted by Crippen LogP contribution is 2.35. The summed E-state index contributed by atoms with van der Waals surface area (Å²) in [5.74, 6) is 0.375. The third-order valence-corrected chi connectivity index (χ3v) is 3.44. The van der Waals surface area contributed by atoms with Crippen LogP contribution in [0.1, 0.15) is 11.4 Å². The first kappa shape index (κ1) is 17.0. The van der Waals surface area contributed by atoms with Crippen LogP contribution < -0.4 is 4.74 Å². The Balaban J connectivity index is 2.07. The maximum Gasteiger partial charge on any atom is 0.573 e. The van der Waals surface area contributed by atoms with Gasteiger partial charge in [0.2, 0.25) is 0 Å². The Labute approximate surface area is 141 Å². The SMILES string of the molecule is Cc1cc(-c2n[nH]c(CO)n2)cc(-c2ccccc2OC(F)(F)F)c1. The number of H-pyrrole nitrogens is 1. The summed E-state index contributed by atoms with van der Waals surface area (Å²) in [7, 11) is 0. The lowest BCUT2D eigenvalue weighted by Gasteiger charge is -2.14. The molecule has 8 heteroatoms. The second-order valence-electron chi connectivity index (χ2n) is 5.40. The molecule has 2 N–H and O–H groups in total. The average Bonchev–Trinajstić information content (AvgIpc) is 3.02. The Morgan fingerprint density at radius 1 is 1.12 bits per heavy atom. The average molecular weight is 349 g/mol. The first-order chi connectivity index (χ1) is 11.9. The normalized spacial score (nSPS) is 11.6. The minimum Gasteiger partial charge on any atom is -0.405 e. The van der Waals surface area contributed by atoms with Gasteiger partial charge in [0.05, 0.1) is 0 Å². The first-order valence-electron chi connectivity index (χ1n) is 7.35. The Morgan fingerprint density at radius 3 is 2.52 bits per heavy atom. The van der Waals surface area contributed by atoms with Crippen LogP contribution in [-0.4, -0.2) is 26.7 Å². The van der Waals surface area contributed by atoms with Crippen molar-refractivity contribution in [2.75, 3.05) is 0 Å². The number of nitrogens with zero attached hydrogens (tertiary/aromatic N) is 2. The lowest BCUT2D eigenvalue weighted by molar-refractivity contribution is -0.274. The molecule has 0 radical (unpaired) electrons. The number of aliphatic hydroxyl groups is 1. The lowest BCUT2D eigenvalue weighted by atomic mass is 9.99. The van der Waals surface area contributed by atoms with E-state index in [4.69, 9.17) is 5.11 Å². The fourth-order valence-electron chi connectivity index (χ4n) is 2.48. The van der Waals surface area contributed by atoms with Crippen LogP contribution in [0.2, 0.25) is 0 Å². The van der Waals surface area contributed by atoms with Gasteiger partial charge in [0.15, 0.2) is 11.6 Å². The van der Waals surface area contributed by atoms with E-state index in [0.29, 0.717) is 28.3 Å². The highest BCUT2D eigenvalue weighted by atomic mass is 19.4. The second-order valence-corrected chi connectivity index (χ2v) is 5.40. The van der Waals surface area contributed by atoms with E-state index >= 15 is 0 Å². The van der Waals surface area contributed by atoms with E-state index in [0.717, 1.165) is 5.56 Å². The molecule has 0 saturated carbocycles. The van der Waals surface area contributed by atoms with Crippen molar-refractivity contribution in [1.82, 2.24) is 15.2 Å². The van der Waals surface area contributed by atoms with E-state index in [1.54, 1.807) is 30.3 Å². The molecule has 1 aromatic heterocycles. The molecular weight excluding hydrogens is 335 g/mol. The van der Waals surface area contributed by atoms with Crippen LogP contribution in [0.4, 0.5) is 13.2 Å². The zero-order valence-corrected chi connectivity index (χ0v) is 13.1.